The second-order valence-corrected chi connectivity index (χ2v) is 8.80. The molecule has 2 saturated heterocycles. The first-order valence-electron chi connectivity index (χ1n) is 11.7. The molecule has 0 aliphatic carbocycles. The molecule has 0 atom stereocenters. The van der Waals surface area contributed by atoms with Crippen LogP contribution in [-0.2, 0) is 16.0 Å². The Balaban J connectivity index is 1.35. The molecule has 2 aromatic heterocycles. The predicted molar refractivity (Wildman–Crippen MR) is 124 cm³/mol. The largest absolute Gasteiger partial charge is 0.381 e. The fourth-order valence-corrected chi connectivity index (χ4v) is 5.01. The van der Waals surface area contributed by atoms with Gasteiger partial charge in [0.1, 0.15) is 5.56 Å². The lowest BCUT2D eigenvalue weighted by Crippen LogP contribution is -2.39. The topological polar surface area (TPSA) is 101 Å². The summed E-state index contributed by atoms with van der Waals surface area (Å²) in [5.74, 6) is -0.227. The predicted octanol–water partition coefficient (Wildman–Crippen LogP) is 1.95. The molecule has 10 heteroatoms. The second kappa shape index (κ2) is 8.69. The Bertz CT molecular complexity index is 1250. The number of ether oxygens (including phenoxy) is 2. The Morgan fingerprint density at radius 1 is 1.09 bits per heavy atom. The minimum absolute atomic E-state index is 0.0566. The standard InChI is InChI=1S/C24H26N6O4/c31-23(19-14-26-30-5-1-4-25-22(19)30)27-20-12-16-15-29(17-2-8-33-9-3-17)24(32)18(16)13-21(20)28-6-10-34-11-7-28/h1,4-5,12-14,17H,2-3,6-11,15H2,(H,27,31). The molecule has 6 rings (SSSR count). The average molecular weight is 463 g/mol. The van der Waals surface area contributed by atoms with Gasteiger partial charge in [-0.2, -0.15) is 5.10 Å². The minimum atomic E-state index is -0.284. The van der Waals surface area contributed by atoms with Crippen LogP contribution >= 0.6 is 0 Å². The van der Waals surface area contributed by atoms with Crippen molar-refractivity contribution < 1.29 is 19.1 Å². The normalized spacial score (nSPS) is 19.0. The van der Waals surface area contributed by atoms with E-state index in [0.717, 1.165) is 24.1 Å². The van der Waals surface area contributed by atoms with Crippen LogP contribution in [0.15, 0.2) is 36.8 Å². The molecular weight excluding hydrogens is 436 g/mol. The van der Waals surface area contributed by atoms with Crippen molar-refractivity contribution in [1.29, 1.82) is 0 Å². The molecule has 0 unspecified atom stereocenters. The molecule has 0 saturated carbocycles. The zero-order chi connectivity index (χ0) is 23.1. The minimum Gasteiger partial charge on any atom is -0.381 e. The Morgan fingerprint density at radius 3 is 2.71 bits per heavy atom. The van der Waals surface area contributed by atoms with E-state index < -0.39 is 0 Å². The number of fused-ring (bicyclic) bond motifs is 2. The third-order valence-electron chi connectivity index (χ3n) is 6.81. The lowest BCUT2D eigenvalue weighted by molar-refractivity contribution is 0.0303. The summed E-state index contributed by atoms with van der Waals surface area (Å²) in [6.07, 6.45) is 6.61. The molecule has 34 heavy (non-hydrogen) atoms. The van der Waals surface area contributed by atoms with Gasteiger partial charge in [-0.3, -0.25) is 9.59 Å². The van der Waals surface area contributed by atoms with Gasteiger partial charge in [-0.1, -0.05) is 0 Å². The van der Waals surface area contributed by atoms with Gasteiger partial charge in [0.2, 0.25) is 0 Å². The van der Waals surface area contributed by atoms with Crippen molar-refractivity contribution >= 4 is 28.8 Å². The number of nitrogens with one attached hydrogen (secondary N) is 1. The molecule has 3 aliphatic heterocycles. The summed E-state index contributed by atoms with van der Waals surface area (Å²) in [6, 6.07) is 5.84. The number of aromatic nitrogens is 3. The molecule has 0 bridgehead atoms. The van der Waals surface area contributed by atoms with E-state index >= 15 is 0 Å². The Kier molecular flexibility index (Phi) is 5.39. The number of rotatable bonds is 4. The highest BCUT2D eigenvalue weighted by Gasteiger charge is 2.35. The van der Waals surface area contributed by atoms with E-state index in [1.807, 2.05) is 17.0 Å². The van der Waals surface area contributed by atoms with E-state index in [4.69, 9.17) is 9.47 Å². The average Bonchev–Trinajstić information content (AvgIpc) is 3.46. The molecule has 2 amide bonds. The Hall–Kier alpha value is -3.50. The van der Waals surface area contributed by atoms with Crippen LogP contribution in [0.2, 0.25) is 0 Å². The number of carbonyl (C=O) groups excluding carboxylic acids is 2. The molecule has 1 N–H and O–H groups in total. The van der Waals surface area contributed by atoms with Crippen LogP contribution in [0.3, 0.4) is 0 Å². The van der Waals surface area contributed by atoms with Crippen molar-refractivity contribution in [2.45, 2.75) is 25.4 Å². The van der Waals surface area contributed by atoms with Crippen LogP contribution in [0.4, 0.5) is 11.4 Å². The maximum Gasteiger partial charge on any atom is 0.261 e. The molecule has 176 valence electrons. The van der Waals surface area contributed by atoms with Crippen LogP contribution in [0.1, 0.15) is 39.1 Å². The van der Waals surface area contributed by atoms with Gasteiger partial charge in [0.05, 0.1) is 30.8 Å². The fourth-order valence-electron chi connectivity index (χ4n) is 5.01. The van der Waals surface area contributed by atoms with Crippen molar-refractivity contribution in [2.75, 3.05) is 49.7 Å². The van der Waals surface area contributed by atoms with Crippen molar-refractivity contribution in [3.8, 4) is 0 Å². The highest BCUT2D eigenvalue weighted by molar-refractivity contribution is 6.10. The van der Waals surface area contributed by atoms with E-state index in [2.05, 4.69) is 20.3 Å². The first kappa shape index (κ1) is 21.1. The number of nitrogens with zero attached hydrogens (tertiary/aromatic N) is 5. The zero-order valence-corrected chi connectivity index (χ0v) is 18.8. The second-order valence-electron chi connectivity index (χ2n) is 8.80. The molecular formula is C24H26N6O4. The first-order chi connectivity index (χ1) is 16.7. The molecule has 2 fully saturated rings. The third kappa shape index (κ3) is 3.68. The summed E-state index contributed by atoms with van der Waals surface area (Å²) in [6.45, 7) is 4.49. The number of morpholine rings is 1. The van der Waals surface area contributed by atoms with Gasteiger partial charge in [0.25, 0.3) is 11.8 Å². The number of amides is 2. The van der Waals surface area contributed by atoms with Crippen molar-refractivity contribution in [1.82, 2.24) is 19.5 Å². The number of hydrogen-bond acceptors (Lipinski definition) is 7. The van der Waals surface area contributed by atoms with Gasteiger partial charge in [0.15, 0.2) is 5.65 Å². The van der Waals surface area contributed by atoms with Gasteiger partial charge >= 0.3 is 0 Å². The van der Waals surface area contributed by atoms with Gasteiger partial charge in [-0.25, -0.2) is 9.50 Å². The lowest BCUT2D eigenvalue weighted by atomic mass is 10.1. The maximum atomic E-state index is 13.3. The van der Waals surface area contributed by atoms with Gasteiger partial charge in [0, 0.05) is 56.8 Å². The van der Waals surface area contributed by atoms with Crippen molar-refractivity contribution in [3.05, 3.63) is 53.5 Å². The molecule has 5 heterocycles. The molecule has 3 aromatic rings. The summed E-state index contributed by atoms with van der Waals surface area (Å²) >= 11 is 0. The molecule has 1 aromatic carbocycles. The van der Waals surface area contributed by atoms with E-state index in [-0.39, 0.29) is 17.9 Å². The number of hydrogen-bond donors (Lipinski definition) is 1. The molecule has 3 aliphatic rings. The van der Waals surface area contributed by atoms with Crippen molar-refractivity contribution in [2.24, 2.45) is 0 Å². The van der Waals surface area contributed by atoms with Crippen LogP contribution < -0.4 is 10.2 Å². The zero-order valence-electron chi connectivity index (χ0n) is 18.8. The summed E-state index contributed by atoms with van der Waals surface area (Å²) < 4.78 is 12.6. The van der Waals surface area contributed by atoms with E-state index in [0.29, 0.717) is 68.5 Å². The summed E-state index contributed by atoms with van der Waals surface area (Å²) in [7, 11) is 0. The summed E-state index contributed by atoms with van der Waals surface area (Å²) in [5.41, 5.74) is 4.05. The number of benzene rings is 1. The lowest BCUT2D eigenvalue weighted by Gasteiger charge is -2.31. The van der Waals surface area contributed by atoms with Crippen LogP contribution in [0, 0.1) is 0 Å². The van der Waals surface area contributed by atoms with E-state index in [1.165, 1.54) is 6.20 Å². The summed E-state index contributed by atoms with van der Waals surface area (Å²) in [4.78, 5) is 35.0. The van der Waals surface area contributed by atoms with Gasteiger partial charge in [-0.15, -0.1) is 0 Å². The van der Waals surface area contributed by atoms with Crippen LogP contribution in [-0.4, -0.2) is 76.9 Å². The smallest absolute Gasteiger partial charge is 0.261 e. The number of anilines is 2. The third-order valence-corrected chi connectivity index (χ3v) is 6.81. The van der Waals surface area contributed by atoms with E-state index in [9.17, 15) is 9.59 Å². The van der Waals surface area contributed by atoms with Gasteiger partial charge < -0.3 is 24.6 Å². The quantitative estimate of drug-likeness (QED) is 0.632. The fraction of sp³-hybridized carbons (Fsp3) is 0.417. The monoisotopic (exact) mass is 462 g/mol. The number of carbonyl (C=O) groups is 2. The molecule has 0 radical (unpaired) electrons. The van der Waals surface area contributed by atoms with Gasteiger partial charge in [-0.05, 0) is 36.6 Å². The Morgan fingerprint density at radius 2 is 1.88 bits per heavy atom. The first-order valence-corrected chi connectivity index (χ1v) is 11.7. The van der Waals surface area contributed by atoms with Crippen LogP contribution in [0.25, 0.3) is 5.65 Å². The molecule has 10 nitrogen and oxygen atoms in total. The highest BCUT2D eigenvalue weighted by atomic mass is 16.5. The van der Waals surface area contributed by atoms with E-state index in [1.54, 1.807) is 23.0 Å². The highest BCUT2D eigenvalue weighted by Crippen LogP contribution is 2.37. The Labute approximate surface area is 196 Å². The molecule has 0 spiro atoms. The SMILES string of the molecule is O=C(Nc1cc2c(cc1N1CCOCC1)C(=O)N(C1CCOCC1)C2)c1cnn2cccnc12. The maximum absolute atomic E-state index is 13.3. The van der Waals surface area contributed by atoms with Crippen LogP contribution in [0.5, 0.6) is 0 Å². The summed E-state index contributed by atoms with van der Waals surface area (Å²) in [5, 5.41) is 7.30. The van der Waals surface area contributed by atoms with Crippen molar-refractivity contribution in [3.63, 3.8) is 0 Å².